The Hall–Kier alpha value is -2.50. The second kappa shape index (κ2) is 10.2. The fraction of sp³-hybridized carbons (Fsp3) is 0.647. The Morgan fingerprint density at radius 2 is 1.89 bits per heavy atom. The highest BCUT2D eigenvalue weighted by Gasteiger charge is 2.35. The van der Waals surface area contributed by atoms with Crippen LogP contribution in [0.3, 0.4) is 0 Å². The van der Waals surface area contributed by atoms with Crippen LogP contribution in [0, 0.1) is 6.92 Å². The van der Waals surface area contributed by atoms with Crippen molar-refractivity contribution in [3.63, 3.8) is 0 Å². The second-order valence-electron chi connectivity index (χ2n) is 6.91. The minimum atomic E-state index is -0.564. The van der Waals surface area contributed by atoms with E-state index in [0.29, 0.717) is 18.9 Å². The molecule has 2 fully saturated rings. The van der Waals surface area contributed by atoms with Crippen molar-refractivity contribution in [1.82, 2.24) is 25.1 Å². The number of carbonyl (C=O) groups is 2. The molecule has 1 aromatic rings. The number of hydrogen-bond acceptors (Lipinski definition) is 7. The summed E-state index contributed by atoms with van der Waals surface area (Å²) in [6.45, 7) is 6.36. The Morgan fingerprint density at radius 3 is 2.50 bits per heavy atom. The van der Waals surface area contributed by atoms with E-state index in [2.05, 4.69) is 32.1 Å². The number of carbonyl (C=O) groups excluding carboxylic acids is 1. The molecule has 0 aliphatic carbocycles. The van der Waals surface area contributed by atoms with Gasteiger partial charge in [-0.25, -0.2) is 4.79 Å². The van der Waals surface area contributed by atoms with E-state index in [1.807, 2.05) is 0 Å². The molecule has 11 nitrogen and oxygen atoms in total. The first kappa shape index (κ1) is 21.8. The molecule has 0 aromatic carbocycles. The Bertz CT molecular complexity index is 783. The zero-order chi connectivity index (χ0) is 20.7. The average Bonchev–Trinajstić information content (AvgIpc) is 3.07. The molecule has 2 atom stereocenters. The van der Waals surface area contributed by atoms with Gasteiger partial charge in [0.25, 0.3) is 12.0 Å². The SMILES string of the molecule is Cc1[nH]c(=O)[nH]c(=O)c1CC(=O)N[C@H]1COC[C@@H]1N1CCN(C)CC1.O=CO. The van der Waals surface area contributed by atoms with E-state index in [9.17, 15) is 14.4 Å². The molecule has 2 saturated heterocycles. The molecule has 3 heterocycles. The molecule has 0 spiro atoms. The number of nitrogens with zero attached hydrogens (tertiary/aromatic N) is 2. The molecule has 0 saturated carbocycles. The van der Waals surface area contributed by atoms with Crippen molar-refractivity contribution in [2.24, 2.45) is 0 Å². The number of piperazine rings is 1. The van der Waals surface area contributed by atoms with Gasteiger partial charge in [0.2, 0.25) is 5.91 Å². The van der Waals surface area contributed by atoms with Crippen molar-refractivity contribution in [3.8, 4) is 0 Å². The number of aryl methyl sites for hydroxylation is 1. The number of nitrogens with one attached hydrogen (secondary N) is 3. The normalized spacial score (nSPS) is 22.9. The van der Waals surface area contributed by atoms with Gasteiger partial charge in [0, 0.05) is 37.4 Å². The standard InChI is InChI=1S/C16H25N5O4.CH2O2/c1-10-11(15(23)19-16(24)17-10)7-14(22)18-12-8-25-9-13(12)21-5-3-20(2)4-6-21;2-1-3/h12-13H,3-9H2,1-2H3,(H,18,22)(H2,17,19,23,24);1H,(H,2,3)/t12-,13-;/m0./s1. The Morgan fingerprint density at radius 1 is 1.25 bits per heavy atom. The van der Waals surface area contributed by atoms with E-state index in [0.717, 1.165) is 26.2 Å². The van der Waals surface area contributed by atoms with Gasteiger partial charge >= 0.3 is 5.69 Å². The van der Waals surface area contributed by atoms with E-state index < -0.39 is 11.2 Å². The zero-order valence-corrected chi connectivity index (χ0v) is 16.1. The van der Waals surface area contributed by atoms with Crippen molar-refractivity contribution in [2.75, 3.05) is 46.4 Å². The summed E-state index contributed by atoms with van der Waals surface area (Å²) < 4.78 is 5.58. The molecule has 0 unspecified atom stereocenters. The van der Waals surface area contributed by atoms with Gasteiger partial charge in [0.15, 0.2) is 0 Å². The number of aromatic nitrogens is 2. The minimum Gasteiger partial charge on any atom is -0.483 e. The number of amides is 1. The maximum atomic E-state index is 12.4. The molecular weight excluding hydrogens is 370 g/mol. The number of H-pyrrole nitrogens is 2. The predicted molar refractivity (Wildman–Crippen MR) is 100 cm³/mol. The third-order valence-corrected chi connectivity index (χ3v) is 5.00. The first-order valence-corrected chi connectivity index (χ1v) is 9.05. The van der Waals surface area contributed by atoms with Gasteiger partial charge in [-0.2, -0.15) is 0 Å². The van der Waals surface area contributed by atoms with Crippen LogP contribution in [0.5, 0.6) is 0 Å². The molecule has 0 radical (unpaired) electrons. The van der Waals surface area contributed by atoms with Crippen LogP contribution in [-0.2, 0) is 20.7 Å². The van der Waals surface area contributed by atoms with Gasteiger partial charge < -0.3 is 25.0 Å². The second-order valence-corrected chi connectivity index (χ2v) is 6.91. The van der Waals surface area contributed by atoms with Gasteiger partial charge in [-0.15, -0.1) is 0 Å². The molecule has 1 aromatic heterocycles. The van der Waals surface area contributed by atoms with Crippen LogP contribution in [0.15, 0.2) is 9.59 Å². The number of rotatable bonds is 4. The summed E-state index contributed by atoms with van der Waals surface area (Å²) >= 11 is 0. The van der Waals surface area contributed by atoms with Gasteiger partial charge in [-0.05, 0) is 14.0 Å². The maximum absolute atomic E-state index is 12.4. The van der Waals surface area contributed by atoms with E-state index in [1.165, 1.54) is 0 Å². The lowest BCUT2D eigenvalue weighted by atomic mass is 10.1. The van der Waals surface area contributed by atoms with Crippen LogP contribution in [0.1, 0.15) is 11.3 Å². The van der Waals surface area contributed by atoms with Crippen molar-refractivity contribution < 1.29 is 19.4 Å². The van der Waals surface area contributed by atoms with Crippen LogP contribution < -0.4 is 16.6 Å². The molecule has 1 amide bonds. The lowest BCUT2D eigenvalue weighted by Gasteiger charge is -2.38. The summed E-state index contributed by atoms with van der Waals surface area (Å²) in [6, 6.07) is 0.0747. The summed E-state index contributed by atoms with van der Waals surface area (Å²) in [5.74, 6) is -0.240. The molecule has 2 aliphatic heterocycles. The lowest BCUT2D eigenvalue weighted by molar-refractivity contribution is -0.123. The molecule has 11 heteroatoms. The van der Waals surface area contributed by atoms with Crippen molar-refractivity contribution in [1.29, 1.82) is 0 Å². The Balaban J connectivity index is 0.000000878. The highest BCUT2D eigenvalue weighted by atomic mass is 16.5. The topological polar surface area (TPSA) is 148 Å². The third kappa shape index (κ3) is 5.75. The fourth-order valence-electron chi connectivity index (χ4n) is 3.45. The van der Waals surface area contributed by atoms with Crippen LogP contribution in [0.2, 0.25) is 0 Å². The summed E-state index contributed by atoms with van der Waals surface area (Å²) in [7, 11) is 2.10. The smallest absolute Gasteiger partial charge is 0.325 e. The molecule has 4 N–H and O–H groups in total. The van der Waals surface area contributed by atoms with E-state index in [1.54, 1.807) is 6.92 Å². The van der Waals surface area contributed by atoms with Crippen molar-refractivity contribution >= 4 is 12.4 Å². The Kier molecular flexibility index (Phi) is 7.91. The number of likely N-dealkylation sites (N-methyl/N-ethyl adjacent to an activating group) is 1. The first-order valence-electron chi connectivity index (χ1n) is 9.05. The molecular formula is C17H27N5O6. The largest absolute Gasteiger partial charge is 0.483 e. The van der Waals surface area contributed by atoms with E-state index in [4.69, 9.17) is 14.6 Å². The number of hydrogen-bond donors (Lipinski definition) is 4. The molecule has 156 valence electrons. The predicted octanol–water partition coefficient (Wildman–Crippen LogP) is -2.25. The van der Waals surface area contributed by atoms with Crippen LogP contribution in [-0.4, -0.2) is 95.8 Å². The first-order chi connectivity index (χ1) is 13.3. The van der Waals surface area contributed by atoms with Gasteiger partial charge in [-0.3, -0.25) is 24.3 Å². The van der Waals surface area contributed by atoms with E-state index >= 15 is 0 Å². The summed E-state index contributed by atoms with van der Waals surface area (Å²) in [5, 5.41) is 9.88. The van der Waals surface area contributed by atoms with Gasteiger partial charge in [0.05, 0.1) is 31.7 Å². The zero-order valence-electron chi connectivity index (χ0n) is 16.1. The maximum Gasteiger partial charge on any atom is 0.325 e. The highest BCUT2D eigenvalue weighted by Crippen LogP contribution is 2.15. The van der Waals surface area contributed by atoms with Crippen LogP contribution in [0.25, 0.3) is 0 Å². The minimum absolute atomic E-state index is 0.0656. The average molecular weight is 397 g/mol. The Labute approximate surface area is 161 Å². The van der Waals surface area contributed by atoms with E-state index in [-0.39, 0.29) is 36.4 Å². The number of aromatic amines is 2. The quantitative estimate of drug-likeness (QED) is 0.416. The van der Waals surface area contributed by atoms with Crippen LogP contribution in [0.4, 0.5) is 0 Å². The summed E-state index contributed by atoms with van der Waals surface area (Å²) in [6.07, 6.45) is -0.0656. The number of ether oxygens (including phenoxy) is 1. The number of carboxylic acid groups (broad SMARTS) is 1. The molecule has 2 aliphatic rings. The molecule has 28 heavy (non-hydrogen) atoms. The highest BCUT2D eigenvalue weighted by molar-refractivity contribution is 5.79. The fourth-order valence-corrected chi connectivity index (χ4v) is 3.45. The van der Waals surface area contributed by atoms with Crippen molar-refractivity contribution in [2.45, 2.75) is 25.4 Å². The van der Waals surface area contributed by atoms with Crippen molar-refractivity contribution in [3.05, 3.63) is 32.1 Å². The van der Waals surface area contributed by atoms with Gasteiger partial charge in [-0.1, -0.05) is 0 Å². The monoisotopic (exact) mass is 397 g/mol. The summed E-state index contributed by atoms with van der Waals surface area (Å²) in [4.78, 5) is 53.2. The molecule has 3 rings (SSSR count). The molecule has 0 bridgehead atoms. The lowest BCUT2D eigenvalue weighted by Crippen LogP contribution is -2.56. The van der Waals surface area contributed by atoms with Gasteiger partial charge in [0.1, 0.15) is 0 Å². The summed E-state index contributed by atoms with van der Waals surface area (Å²) in [5.41, 5.74) is -0.380. The van der Waals surface area contributed by atoms with Crippen LogP contribution >= 0.6 is 0 Å². The third-order valence-electron chi connectivity index (χ3n) is 5.00.